The second kappa shape index (κ2) is 16.9. The van der Waals surface area contributed by atoms with Crippen molar-refractivity contribution in [3.05, 3.63) is 0 Å². The number of ether oxygens (including phenoxy) is 2. The first-order valence-electron chi connectivity index (χ1n) is 17.8. The van der Waals surface area contributed by atoms with Gasteiger partial charge in [0.25, 0.3) is 0 Å². The normalized spacial score (nSPS) is 36.3. The van der Waals surface area contributed by atoms with Crippen LogP contribution in [-0.2, 0) is 28.7 Å². The first-order chi connectivity index (χ1) is 21.4. The van der Waals surface area contributed by atoms with Crippen LogP contribution in [0.1, 0.15) is 118 Å². The second-order valence-electron chi connectivity index (χ2n) is 15.8. The van der Waals surface area contributed by atoms with Gasteiger partial charge >= 0.3 is 11.9 Å². The van der Waals surface area contributed by atoms with E-state index in [1.165, 1.54) is 0 Å². The number of hydrogen-bond acceptors (Lipinski definition) is 7. The van der Waals surface area contributed by atoms with Crippen molar-refractivity contribution in [3.8, 4) is 0 Å². The van der Waals surface area contributed by atoms with Crippen LogP contribution >= 0.6 is 0 Å². The minimum atomic E-state index is -0.849. The summed E-state index contributed by atoms with van der Waals surface area (Å²) in [5.41, 5.74) is 3.11. The van der Waals surface area contributed by atoms with Crippen LogP contribution in [0.3, 0.4) is 0 Å². The molecule has 1 amide bonds. The third kappa shape index (κ3) is 11.2. The summed E-state index contributed by atoms with van der Waals surface area (Å²) in [4.78, 5) is 42.2. The molecule has 4 N–H and O–H groups in total. The Morgan fingerprint density at radius 3 is 1.73 bits per heavy atom. The molecule has 4 rings (SSSR count). The number of carbonyl (C=O) groups is 3. The molecule has 0 aromatic carbocycles. The van der Waals surface area contributed by atoms with Gasteiger partial charge in [-0.2, -0.15) is 5.48 Å². The monoisotopic (exact) mass is 636 g/mol. The highest BCUT2D eigenvalue weighted by Gasteiger charge is 2.39. The molecule has 4 aliphatic carbocycles. The van der Waals surface area contributed by atoms with Gasteiger partial charge in [0.05, 0.1) is 49.8 Å². The van der Waals surface area contributed by atoms with Crippen molar-refractivity contribution >= 4 is 17.8 Å². The highest BCUT2D eigenvalue weighted by molar-refractivity contribution is 5.85. The van der Waals surface area contributed by atoms with Crippen molar-refractivity contribution in [1.82, 2.24) is 10.8 Å². The van der Waals surface area contributed by atoms with Gasteiger partial charge in [0.15, 0.2) is 0 Å². The summed E-state index contributed by atoms with van der Waals surface area (Å²) in [7, 11) is 0. The Kier molecular flexibility index (Phi) is 13.5. The molecule has 4 aliphatic rings. The van der Waals surface area contributed by atoms with Crippen LogP contribution in [0, 0.1) is 40.9 Å². The molecule has 0 saturated heterocycles. The van der Waals surface area contributed by atoms with Crippen LogP contribution < -0.4 is 10.8 Å². The van der Waals surface area contributed by atoms with Gasteiger partial charge in [-0.15, -0.1) is 0 Å². The number of aliphatic carboxylic acids is 2. The zero-order valence-electron chi connectivity index (χ0n) is 28.1. The molecule has 0 aromatic heterocycles. The Hall–Kier alpha value is -1.75. The lowest BCUT2D eigenvalue weighted by molar-refractivity contribution is -0.150. The van der Waals surface area contributed by atoms with Gasteiger partial charge in [0, 0.05) is 17.5 Å². The van der Waals surface area contributed by atoms with Gasteiger partial charge in [-0.05, 0) is 101 Å². The lowest BCUT2D eigenvalue weighted by Crippen LogP contribution is -2.46. The quantitative estimate of drug-likeness (QED) is 0.180. The Labute approximate surface area is 270 Å². The first-order valence-corrected chi connectivity index (χ1v) is 17.8. The summed E-state index contributed by atoms with van der Waals surface area (Å²) in [6, 6.07) is 0.368. The van der Waals surface area contributed by atoms with E-state index in [9.17, 15) is 24.6 Å². The lowest BCUT2D eigenvalue weighted by Gasteiger charge is -2.36. The minimum absolute atomic E-state index is 0.0788. The molecule has 0 aliphatic heterocycles. The molecular weight excluding hydrogens is 576 g/mol. The minimum Gasteiger partial charge on any atom is -0.481 e. The van der Waals surface area contributed by atoms with E-state index in [-0.39, 0.29) is 47.4 Å². The first kappa shape index (κ1) is 36.1. The van der Waals surface area contributed by atoms with E-state index in [0.717, 1.165) is 77.0 Å². The van der Waals surface area contributed by atoms with Gasteiger partial charge in [0.2, 0.25) is 5.91 Å². The van der Waals surface area contributed by atoms with Crippen LogP contribution in [-0.4, -0.2) is 72.2 Å². The van der Waals surface area contributed by atoms with E-state index >= 15 is 0 Å². The van der Waals surface area contributed by atoms with E-state index in [4.69, 9.17) is 14.3 Å². The average Bonchev–Trinajstić information content (AvgIpc) is 3.01. The molecule has 10 heteroatoms. The van der Waals surface area contributed by atoms with Crippen molar-refractivity contribution in [1.29, 1.82) is 0 Å². The van der Waals surface area contributed by atoms with Gasteiger partial charge in [-0.25, -0.2) is 0 Å². The molecule has 0 spiro atoms. The van der Waals surface area contributed by atoms with Gasteiger partial charge in [-0.1, -0.05) is 34.1 Å². The Balaban J connectivity index is 1.06. The van der Waals surface area contributed by atoms with Crippen LogP contribution in [0.25, 0.3) is 0 Å². The van der Waals surface area contributed by atoms with Crippen LogP contribution in [0.15, 0.2) is 0 Å². The van der Waals surface area contributed by atoms with Gasteiger partial charge in [-0.3, -0.25) is 14.4 Å². The molecule has 6 unspecified atom stereocenters. The van der Waals surface area contributed by atoms with Crippen molar-refractivity contribution in [2.75, 3.05) is 19.8 Å². The zero-order valence-corrected chi connectivity index (χ0v) is 28.1. The fraction of sp³-hybridized carbons (Fsp3) is 0.914. The van der Waals surface area contributed by atoms with E-state index in [1.54, 1.807) is 0 Å². The van der Waals surface area contributed by atoms with Crippen molar-refractivity contribution < 1.29 is 38.9 Å². The number of carboxylic acid groups (broad SMARTS) is 2. The molecule has 0 aromatic rings. The molecule has 258 valence electrons. The topological polar surface area (TPSA) is 143 Å². The summed E-state index contributed by atoms with van der Waals surface area (Å²) in [5, 5.41) is 22.4. The van der Waals surface area contributed by atoms with E-state index in [2.05, 4.69) is 38.5 Å². The van der Waals surface area contributed by atoms with Gasteiger partial charge in [0.1, 0.15) is 0 Å². The standard InChI is InChI=1S/C35H60N2O8/c1-22-5-7-24(30(17-22)33(39)40)19-45-37-26-10-14-28(15-11-26)44-21-35(3,4)20-43-27-12-8-25(9-13-27)36-32(38)29-16-6-23(2)18-31(29)34(41)42/h22-31,37H,5-21H2,1-4H3,(H,36,38)(H,39,40)(H,41,42). The number of nitrogens with one attached hydrogen (secondary N) is 2. The summed E-state index contributed by atoms with van der Waals surface area (Å²) in [5.74, 6) is -2.03. The highest BCUT2D eigenvalue weighted by Crippen LogP contribution is 2.36. The third-order valence-corrected chi connectivity index (χ3v) is 11.0. The average molecular weight is 637 g/mol. The summed E-state index contributed by atoms with van der Waals surface area (Å²) >= 11 is 0. The zero-order chi connectivity index (χ0) is 32.6. The molecule has 6 atom stereocenters. The summed E-state index contributed by atoms with van der Waals surface area (Å²) < 4.78 is 12.7. The maximum absolute atomic E-state index is 12.9. The molecule has 45 heavy (non-hydrogen) atoms. The number of carboxylic acids is 2. The highest BCUT2D eigenvalue weighted by atomic mass is 16.6. The van der Waals surface area contributed by atoms with Crippen LogP contribution in [0.4, 0.5) is 0 Å². The molecule has 4 saturated carbocycles. The smallest absolute Gasteiger partial charge is 0.307 e. The largest absolute Gasteiger partial charge is 0.481 e. The third-order valence-electron chi connectivity index (χ3n) is 11.0. The molecule has 4 fully saturated rings. The Bertz CT molecular complexity index is 959. The van der Waals surface area contributed by atoms with Gasteiger partial charge < -0.3 is 29.8 Å². The number of amides is 1. The molecule has 0 heterocycles. The SMILES string of the molecule is CC1CCC(CONC2CCC(OCC(C)(C)COC3CCC(NC(=O)C4CCC(C)CC4C(=O)O)CC3)CC2)C(C(=O)O)C1. The van der Waals surface area contributed by atoms with Crippen LogP contribution in [0.5, 0.6) is 0 Å². The van der Waals surface area contributed by atoms with E-state index in [1.807, 2.05) is 0 Å². The number of hydroxylamine groups is 1. The van der Waals surface area contributed by atoms with Crippen molar-refractivity contribution in [3.63, 3.8) is 0 Å². The molecule has 10 nitrogen and oxygen atoms in total. The maximum Gasteiger partial charge on any atom is 0.307 e. The van der Waals surface area contributed by atoms with Crippen molar-refractivity contribution in [2.45, 2.75) is 142 Å². The van der Waals surface area contributed by atoms with E-state index in [0.29, 0.717) is 44.5 Å². The second-order valence-corrected chi connectivity index (χ2v) is 15.8. The molecular formula is C35H60N2O8. The lowest BCUT2D eigenvalue weighted by atomic mass is 9.74. The fourth-order valence-electron chi connectivity index (χ4n) is 7.94. The molecule has 0 radical (unpaired) electrons. The number of rotatable bonds is 14. The molecule has 0 bridgehead atoms. The van der Waals surface area contributed by atoms with E-state index < -0.39 is 23.8 Å². The Morgan fingerprint density at radius 2 is 1.18 bits per heavy atom. The fourth-order valence-corrected chi connectivity index (χ4v) is 7.94. The Morgan fingerprint density at radius 1 is 0.667 bits per heavy atom. The predicted octanol–water partition coefficient (Wildman–Crippen LogP) is 5.58. The van der Waals surface area contributed by atoms with Crippen LogP contribution in [0.2, 0.25) is 0 Å². The summed E-state index contributed by atoms with van der Waals surface area (Å²) in [6.45, 7) is 10.3. The number of carbonyl (C=O) groups excluding carboxylic acids is 1. The summed E-state index contributed by atoms with van der Waals surface area (Å²) in [6.07, 6.45) is 12.7. The maximum atomic E-state index is 12.9. The predicted molar refractivity (Wildman–Crippen MR) is 170 cm³/mol. The number of hydrogen-bond donors (Lipinski definition) is 4. The van der Waals surface area contributed by atoms with Crippen molar-refractivity contribution in [2.24, 2.45) is 40.9 Å².